The van der Waals surface area contributed by atoms with E-state index in [9.17, 15) is 13.6 Å². The largest absolute Gasteiger partial charge is 0.357 e. The van der Waals surface area contributed by atoms with Gasteiger partial charge in [-0.1, -0.05) is 30.3 Å². The van der Waals surface area contributed by atoms with Crippen LogP contribution >= 0.6 is 0 Å². The van der Waals surface area contributed by atoms with Crippen molar-refractivity contribution in [1.29, 1.82) is 0 Å². The summed E-state index contributed by atoms with van der Waals surface area (Å²) in [5.41, 5.74) is 1.21. The fourth-order valence-corrected chi connectivity index (χ4v) is 2.62. The molecule has 0 saturated heterocycles. The monoisotopic (exact) mass is 388 g/mol. The van der Waals surface area contributed by atoms with Crippen LogP contribution in [0.1, 0.15) is 25.0 Å². The molecule has 0 aliphatic carbocycles. The van der Waals surface area contributed by atoms with Gasteiger partial charge in [-0.15, -0.1) is 0 Å². The molecule has 0 fully saturated rings. The Kier molecular flexibility index (Phi) is 8.39. The number of carbonyl (C=O) groups excluding carboxylic acids is 1. The Hall–Kier alpha value is -2.96. The van der Waals surface area contributed by atoms with Gasteiger partial charge in [0.2, 0.25) is 5.91 Å². The van der Waals surface area contributed by atoms with Gasteiger partial charge in [0, 0.05) is 25.2 Å². The van der Waals surface area contributed by atoms with Gasteiger partial charge in [-0.05, 0) is 37.6 Å². The van der Waals surface area contributed by atoms with E-state index in [0.29, 0.717) is 25.6 Å². The van der Waals surface area contributed by atoms with E-state index in [-0.39, 0.29) is 24.6 Å². The number of nitrogens with zero attached hydrogens (tertiary/aromatic N) is 2. The Morgan fingerprint density at radius 2 is 1.82 bits per heavy atom. The Morgan fingerprint density at radius 1 is 1.07 bits per heavy atom. The number of likely N-dealkylation sites (N-methyl/N-ethyl adjacent to an activating group) is 1. The zero-order chi connectivity index (χ0) is 20.4. The van der Waals surface area contributed by atoms with Crippen molar-refractivity contribution in [3.05, 3.63) is 71.3 Å². The Balaban J connectivity index is 1.97. The molecule has 0 spiro atoms. The topological polar surface area (TPSA) is 56.7 Å². The van der Waals surface area contributed by atoms with E-state index in [0.717, 1.165) is 23.8 Å². The zero-order valence-electron chi connectivity index (χ0n) is 16.2. The standard InChI is InChI=1S/C21H26F2N4O/c1-3-24-21(25-13-17-12-18(22)10-11-19(17)23)26-14-20(28)27(4-2)15-16-8-6-5-7-9-16/h5-12H,3-4,13-15H2,1-2H3,(H2,24,25,26). The van der Waals surface area contributed by atoms with Crippen LogP contribution in [-0.4, -0.2) is 36.4 Å². The molecular formula is C21H26F2N4O. The minimum atomic E-state index is -0.517. The average molecular weight is 388 g/mol. The van der Waals surface area contributed by atoms with Crippen LogP contribution in [0.3, 0.4) is 0 Å². The quantitative estimate of drug-likeness (QED) is 0.540. The predicted molar refractivity (Wildman–Crippen MR) is 107 cm³/mol. The lowest BCUT2D eigenvalue weighted by atomic mass is 10.2. The highest BCUT2D eigenvalue weighted by Crippen LogP contribution is 2.10. The number of hydrogen-bond donors (Lipinski definition) is 2. The van der Waals surface area contributed by atoms with Gasteiger partial charge in [-0.25, -0.2) is 13.8 Å². The van der Waals surface area contributed by atoms with Gasteiger partial charge in [0.1, 0.15) is 11.6 Å². The van der Waals surface area contributed by atoms with Crippen molar-refractivity contribution in [3.63, 3.8) is 0 Å². The third kappa shape index (κ3) is 6.64. The molecule has 28 heavy (non-hydrogen) atoms. The summed E-state index contributed by atoms with van der Waals surface area (Å²) in [6, 6.07) is 13.0. The predicted octanol–water partition coefficient (Wildman–Crippen LogP) is 3.07. The third-order valence-electron chi connectivity index (χ3n) is 4.12. The molecule has 7 heteroatoms. The second kappa shape index (κ2) is 11.0. The molecule has 2 rings (SSSR count). The van der Waals surface area contributed by atoms with Gasteiger partial charge >= 0.3 is 0 Å². The Labute approximate surface area is 164 Å². The minimum Gasteiger partial charge on any atom is -0.357 e. The number of rotatable bonds is 8. The van der Waals surface area contributed by atoms with Crippen molar-refractivity contribution in [2.75, 3.05) is 19.6 Å². The van der Waals surface area contributed by atoms with Crippen LogP contribution in [0.5, 0.6) is 0 Å². The van der Waals surface area contributed by atoms with Crippen LogP contribution in [0, 0.1) is 11.6 Å². The number of aliphatic imine (C=N–C) groups is 1. The molecule has 0 unspecified atom stereocenters. The van der Waals surface area contributed by atoms with E-state index >= 15 is 0 Å². The summed E-state index contributed by atoms with van der Waals surface area (Å²) in [6.45, 7) is 5.51. The number of nitrogens with one attached hydrogen (secondary N) is 2. The summed E-state index contributed by atoms with van der Waals surface area (Å²) >= 11 is 0. The van der Waals surface area contributed by atoms with Gasteiger partial charge in [-0.3, -0.25) is 4.79 Å². The average Bonchev–Trinajstić information content (AvgIpc) is 2.71. The molecule has 0 atom stereocenters. The first-order valence-corrected chi connectivity index (χ1v) is 9.31. The normalized spacial score (nSPS) is 11.2. The van der Waals surface area contributed by atoms with Crippen molar-refractivity contribution in [1.82, 2.24) is 15.5 Å². The van der Waals surface area contributed by atoms with E-state index in [4.69, 9.17) is 0 Å². The maximum Gasteiger partial charge on any atom is 0.242 e. The summed E-state index contributed by atoms with van der Waals surface area (Å²) < 4.78 is 27.0. The van der Waals surface area contributed by atoms with Crippen molar-refractivity contribution >= 4 is 11.9 Å². The smallest absolute Gasteiger partial charge is 0.242 e. The lowest BCUT2D eigenvalue weighted by Gasteiger charge is -2.22. The highest BCUT2D eigenvalue weighted by atomic mass is 19.1. The van der Waals surface area contributed by atoms with Gasteiger partial charge in [-0.2, -0.15) is 0 Å². The van der Waals surface area contributed by atoms with Crippen LogP contribution < -0.4 is 10.6 Å². The van der Waals surface area contributed by atoms with Gasteiger partial charge in [0.05, 0.1) is 13.1 Å². The zero-order valence-corrected chi connectivity index (χ0v) is 16.2. The first-order chi connectivity index (χ1) is 13.5. The van der Waals surface area contributed by atoms with Gasteiger partial charge in [0.25, 0.3) is 0 Å². The minimum absolute atomic E-state index is 0.0331. The molecule has 0 saturated carbocycles. The molecule has 0 bridgehead atoms. The molecule has 2 aromatic rings. The molecule has 0 aliphatic rings. The number of hydrogen-bond acceptors (Lipinski definition) is 2. The summed E-state index contributed by atoms with van der Waals surface area (Å²) in [4.78, 5) is 18.5. The Morgan fingerprint density at radius 3 is 2.50 bits per heavy atom. The van der Waals surface area contributed by atoms with Crippen molar-refractivity contribution in [3.8, 4) is 0 Å². The van der Waals surface area contributed by atoms with E-state index in [1.165, 1.54) is 0 Å². The maximum absolute atomic E-state index is 13.7. The molecule has 1 amide bonds. The van der Waals surface area contributed by atoms with Crippen molar-refractivity contribution in [2.24, 2.45) is 4.99 Å². The van der Waals surface area contributed by atoms with Crippen molar-refractivity contribution in [2.45, 2.75) is 26.9 Å². The highest BCUT2D eigenvalue weighted by Gasteiger charge is 2.13. The van der Waals surface area contributed by atoms with E-state index in [2.05, 4.69) is 15.6 Å². The van der Waals surface area contributed by atoms with Crippen LogP contribution in [0.4, 0.5) is 8.78 Å². The summed E-state index contributed by atoms with van der Waals surface area (Å²) in [7, 11) is 0. The molecular weight excluding hydrogens is 362 g/mol. The molecule has 5 nitrogen and oxygen atoms in total. The molecule has 0 radical (unpaired) electrons. The molecule has 2 N–H and O–H groups in total. The first kappa shape index (κ1) is 21.3. The maximum atomic E-state index is 13.7. The molecule has 0 aromatic heterocycles. The van der Waals surface area contributed by atoms with Crippen LogP contribution in [0.25, 0.3) is 0 Å². The molecule has 0 heterocycles. The fourth-order valence-electron chi connectivity index (χ4n) is 2.62. The summed E-state index contributed by atoms with van der Waals surface area (Å²) in [5.74, 6) is -0.736. The summed E-state index contributed by atoms with van der Waals surface area (Å²) in [5, 5.41) is 5.96. The second-order valence-corrected chi connectivity index (χ2v) is 6.18. The first-order valence-electron chi connectivity index (χ1n) is 9.31. The Bertz CT molecular complexity index is 796. The number of benzene rings is 2. The van der Waals surface area contributed by atoms with Gasteiger partial charge < -0.3 is 15.5 Å². The van der Waals surface area contributed by atoms with E-state index in [1.54, 1.807) is 4.90 Å². The molecule has 150 valence electrons. The number of halogens is 2. The van der Waals surface area contributed by atoms with E-state index in [1.807, 2.05) is 44.2 Å². The number of guanidine groups is 1. The van der Waals surface area contributed by atoms with Crippen LogP contribution in [0.2, 0.25) is 0 Å². The van der Waals surface area contributed by atoms with Crippen LogP contribution in [0.15, 0.2) is 53.5 Å². The summed E-state index contributed by atoms with van der Waals surface area (Å²) in [6.07, 6.45) is 0. The molecule has 2 aromatic carbocycles. The highest BCUT2D eigenvalue weighted by molar-refractivity contribution is 5.86. The van der Waals surface area contributed by atoms with Gasteiger partial charge in [0.15, 0.2) is 5.96 Å². The number of amides is 1. The number of carbonyl (C=O) groups is 1. The van der Waals surface area contributed by atoms with Crippen molar-refractivity contribution < 1.29 is 13.6 Å². The second-order valence-electron chi connectivity index (χ2n) is 6.18. The SMILES string of the molecule is CCNC(=NCc1cc(F)ccc1F)NCC(=O)N(CC)Cc1ccccc1. The molecule has 0 aliphatic heterocycles. The third-order valence-corrected chi connectivity index (χ3v) is 4.12. The fraction of sp³-hybridized carbons (Fsp3) is 0.333. The lowest BCUT2D eigenvalue weighted by Crippen LogP contribution is -2.44. The van der Waals surface area contributed by atoms with Crippen LogP contribution in [-0.2, 0) is 17.9 Å². The van der Waals surface area contributed by atoms with E-state index < -0.39 is 11.6 Å². The lowest BCUT2D eigenvalue weighted by molar-refractivity contribution is -0.130.